The van der Waals surface area contributed by atoms with Crippen molar-refractivity contribution < 1.29 is 14.6 Å². The van der Waals surface area contributed by atoms with Crippen LogP contribution in [0.4, 0.5) is 0 Å². The molecule has 2 aromatic rings. The number of hydrogen-bond acceptors (Lipinski definition) is 5. The topological polar surface area (TPSA) is 92.6 Å². The second-order valence-corrected chi connectivity index (χ2v) is 6.18. The molecule has 132 valence electrons. The predicted molar refractivity (Wildman–Crippen MR) is 93.5 cm³/mol. The molecule has 0 radical (unpaired) electrons. The van der Waals surface area contributed by atoms with Gasteiger partial charge in [-0.25, -0.2) is 0 Å². The molecule has 0 spiro atoms. The number of nitriles is 1. The molecule has 0 amide bonds. The molecule has 1 aliphatic heterocycles. The van der Waals surface area contributed by atoms with Gasteiger partial charge in [-0.05, 0) is 18.2 Å². The Hall–Kier alpha value is -2.56. The average Bonchev–Trinajstić information content (AvgIpc) is 3.03. The van der Waals surface area contributed by atoms with Crippen LogP contribution in [0.1, 0.15) is 18.0 Å². The van der Waals surface area contributed by atoms with Gasteiger partial charge in [0.15, 0.2) is 0 Å². The van der Waals surface area contributed by atoms with Crippen molar-refractivity contribution in [3.8, 4) is 11.8 Å². The number of methoxy groups -OCH3 is 1. The van der Waals surface area contributed by atoms with Crippen molar-refractivity contribution in [1.82, 2.24) is 14.8 Å². The summed E-state index contributed by atoms with van der Waals surface area (Å²) in [4.78, 5) is 19.4. The highest BCUT2D eigenvalue weighted by molar-refractivity contribution is 5.90. The van der Waals surface area contributed by atoms with Crippen molar-refractivity contribution >= 4 is 16.9 Å². The van der Waals surface area contributed by atoms with Crippen LogP contribution in [0.5, 0.6) is 5.75 Å². The maximum atomic E-state index is 12.0. The van der Waals surface area contributed by atoms with Crippen LogP contribution in [0.3, 0.4) is 0 Å². The summed E-state index contributed by atoms with van der Waals surface area (Å²) in [6.45, 7) is 3.62. The SMILES string of the molecule is COc1ccc2[nH]cc([C@H](C(=O)O)N3CCN(CCC#N)CC3)c2c1. The number of ether oxygens (including phenoxy) is 1. The van der Waals surface area contributed by atoms with Crippen molar-refractivity contribution in [2.75, 3.05) is 39.8 Å². The van der Waals surface area contributed by atoms with E-state index in [2.05, 4.69) is 16.0 Å². The zero-order valence-corrected chi connectivity index (χ0v) is 14.2. The van der Waals surface area contributed by atoms with Crippen molar-refractivity contribution in [2.24, 2.45) is 0 Å². The highest BCUT2D eigenvalue weighted by Crippen LogP contribution is 2.31. The molecule has 0 unspecified atom stereocenters. The minimum absolute atomic E-state index is 0.505. The number of piperazine rings is 1. The third kappa shape index (κ3) is 3.60. The van der Waals surface area contributed by atoms with Gasteiger partial charge in [0.05, 0.1) is 13.2 Å². The Labute approximate surface area is 146 Å². The van der Waals surface area contributed by atoms with E-state index in [1.54, 1.807) is 13.3 Å². The monoisotopic (exact) mass is 342 g/mol. The number of carboxylic acids is 1. The first-order valence-corrected chi connectivity index (χ1v) is 8.35. The van der Waals surface area contributed by atoms with E-state index in [0.29, 0.717) is 25.3 Å². The van der Waals surface area contributed by atoms with Gasteiger partial charge in [-0.15, -0.1) is 0 Å². The third-order valence-corrected chi connectivity index (χ3v) is 4.76. The molecule has 1 aliphatic rings. The van der Waals surface area contributed by atoms with E-state index in [9.17, 15) is 9.90 Å². The van der Waals surface area contributed by atoms with Gasteiger partial charge < -0.3 is 14.8 Å². The normalized spacial score (nSPS) is 17.3. The summed E-state index contributed by atoms with van der Waals surface area (Å²) in [7, 11) is 1.60. The summed E-state index contributed by atoms with van der Waals surface area (Å²) in [6, 6.07) is 7.09. The summed E-state index contributed by atoms with van der Waals surface area (Å²) in [6.07, 6.45) is 2.29. The lowest BCUT2D eigenvalue weighted by molar-refractivity contribution is -0.144. The summed E-state index contributed by atoms with van der Waals surface area (Å²) in [5.41, 5.74) is 1.65. The van der Waals surface area contributed by atoms with Crippen LogP contribution in [0.15, 0.2) is 24.4 Å². The molecule has 1 saturated heterocycles. The van der Waals surface area contributed by atoms with Crippen molar-refractivity contribution in [3.05, 3.63) is 30.0 Å². The molecule has 0 bridgehead atoms. The molecule has 1 aromatic heterocycles. The summed E-state index contributed by atoms with van der Waals surface area (Å²) < 4.78 is 5.28. The number of H-pyrrole nitrogens is 1. The fraction of sp³-hybridized carbons (Fsp3) is 0.444. The van der Waals surface area contributed by atoms with Gasteiger partial charge in [-0.2, -0.15) is 5.26 Å². The molecule has 2 heterocycles. The molecule has 1 fully saturated rings. The Bertz CT molecular complexity index is 787. The number of fused-ring (bicyclic) bond motifs is 1. The van der Waals surface area contributed by atoms with Gasteiger partial charge in [0.2, 0.25) is 0 Å². The van der Waals surface area contributed by atoms with Gasteiger partial charge >= 0.3 is 5.97 Å². The van der Waals surface area contributed by atoms with Crippen molar-refractivity contribution in [1.29, 1.82) is 5.26 Å². The molecule has 25 heavy (non-hydrogen) atoms. The van der Waals surface area contributed by atoms with E-state index in [1.165, 1.54) is 0 Å². The number of aromatic nitrogens is 1. The van der Waals surface area contributed by atoms with E-state index in [-0.39, 0.29) is 0 Å². The zero-order chi connectivity index (χ0) is 17.8. The van der Waals surface area contributed by atoms with Crippen LogP contribution >= 0.6 is 0 Å². The van der Waals surface area contributed by atoms with Gasteiger partial charge in [0.25, 0.3) is 0 Å². The van der Waals surface area contributed by atoms with Crippen molar-refractivity contribution in [2.45, 2.75) is 12.5 Å². The predicted octanol–water partition coefficient (Wildman–Crippen LogP) is 1.83. The first kappa shape index (κ1) is 17.3. The molecular formula is C18H22N4O3. The fourth-order valence-corrected chi connectivity index (χ4v) is 3.41. The van der Waals surface area contributed by atoms with E-state index < -0.39 is 12.0 Å². The van der Waals surface area contributed by atoms with E-state index >= 15 is 0 Å². The molecule has 0 aliphatic carbocycles. The third-order valence-electron chi connectivity index (χ3n) is 4.76. The highest BCUT2D eigenvalue weighted by atomic mass is 16.5. The molecule has 7 heteroatoms. The van der Waals surface area contributed by atoms with Crippen LogP contribution in [-0.4, -0.2) is 65.7 Å². The number of rotatable bonds is 6. The van der Waals surface area contributed by atoms with E-state index in [1.807, 2.05) is 23.1 Å². The van der Waals surface area contributed by atoms with Crippen LogP contribution in [0.25, 0.3) is 10.9 Å². The largest absolute Gasteiger partial charge is 0.497 e. The van der Waals surface area contributed by atoms with E-state index in [0.717, 1.165) is 36.1 Å². The first-order chi connectivity index (χ1) is 12.1. The number of benzene rings is 1. The molecule has 1 atom stereocenters. The Morgan fingerprint density at radius 2 is 2.16 bits per heavy atom. The number of carbonyl (C=O) groups is 1. The van der Waals surface area contributed by atoms with Crippen LogP contribution in [0.2, 0.25) is 0 Å². The molecule has 2 N–H and O–H groups in total. The number of nitrogens with one attached hydrogen (secondary N) is 1. The lowest BCUT2D eigenvalue weighted by atomic mass is 10.0. The average molecular weight is 342 g/mol. The minimum atomic E-state index is -0.853. The highest BCUT2D eigenvalue weighted by Gasteiger charge is 2.32. The lowest BCUT2D eigenvalue weighted by Gasteiger charge is -2.37. The maximum Gasteiger partial charge on any atom is 0.325 e. The van der Waals surface area contributed by atoms with Crippen LogP contribution in [0, 0.1) is 11.3 Å². The number of hydrogen-bond donors (Lipinski definition) is 2. The van der Waals surface area contributed by atoms with Gasteiger partial charge in [-0.3, -0.25) is 14.6 Å². The molecule has 7 nitrogen and oxygen atoms in total. The lowest BCUT2D eigenvalue weighted by Crippen LogP contribution is -2.49. The fourth-order valence-electron chi connectivity index (χ4n) is 3.41. The molecular weight excluding hydrogens is 320 g/mol. The number of aliphatic carboxylic acids is 1. The zero-order valence-electron chi connectivity index (χ0n) is 14.2. The Morgan fingerprint density at radius 1 is 1.40 bits per heavy atom. The van der Waals surface area contributed by atoms with E-state index in [4.69, 9.17) is 10.00 Å². The van der Waals surface area contributed by atoms with Crippen LogP contribution in [-0.2, 0) is 4.79 Å². The summed E-state index contributed by atoms with van der Waals surface area (Å²) in [5, 5.41) is 19.4. The first-order valence-electron chi connectivity index (χ1n) is 8.35. The Balaban J connectivity index is 1.83. The van der Waals surface area contributed by atoms with Gasteiger partial charge in [-0.1, -0.05) is 0 Å². The molecule has 0 saturated carbocycles. The second kappa shape index (κ2) is 7.55. The second-order valence-electron chi connectivity index (χ2n) is 6.18. The maximum absolute atomic E-state index is 12.0. The molecule has 3 rings (SSSR count). The minimum Gasteiger partial charge on any atom is -0.497 e. The smallest absolute Gasteiger partial charge is 0.325 e. The Kier molecular flexibility index (Phi) is 5.22. The van der Waals surface area contributed by atoms with Crippen LogP contribution < -0.4 is 4.74 Å². The number of aromatic amines is 1. The summed E-state index contributed by atoms with van der Waals surface area (Å²) >= 11 is 0. The van der Waals surface area contributed by atoms with Gasteiger partial charge in [0.1, 0.15) is 11.8 Å². The quantitative estimate of drug-likeness (QED) is 0.832. The Morgan fingerprint density at radius 3 is 2.80 bits per heavy atom. The molecule has 1 aromatic carbocycles. The standard InChI is InChI=1S/C18H22N4O3/c1-25-13-3-4-16-14(11-13)15(12-20-16)17(18(23)24)22-9-7-21(8-10-22)6-2-5-19/h3-4,11-12,17,20H,2,6-10H2,1H3,(H,23,24)/t17-/m1/s1. The van der Waals surface area contributed by atoms with Gasteiger partial charge in [0, 0.05) is 61.8 Å². The number of carboxylic acid groups (broad SMARTS) is 1. The van der Waals surface area contributed by atoms with Crippen molar-refractivity contribution in [3.63, 3.8) is 0 Å². The number of nitrogens with zero attached hydrogens (tertiary/aromatic N) is 3. The summed E-state index contributed by atoms with van der Waals surface area (Å²) in [5.74, 6) is -0.145.